The summed E-state index contributed by atoms with van der Waals surface area (Å²) in [5, 5.41) is 0. The number of benzene rings is 1. The lowest BCUT2D eigenvalue weighted by Gasteiger charge is -2.29. The Morgan fingerprint density at radius 3 is 2.71 bits per heavy atom. The Morgan fingerprint density at radius 2 is 2.05 bits per heavy atom. The van der Waals surface area contributed by atoms with Gasteiger partial charge in [-0.1, -0.05) is 0 Å². The largest absolute Gasteiger partial charge is 0.463 e. The molecular formula is C14H18FNO4S. The van der Waals surface area contributed by atoms with Crippen molar-refractivity contribution in [3.05, 3.63) is 23.5 Å². The van der Waals surface area contributed by atoms with Gasteiger partial charge in [-0.15, -0.1) is 0 Å². The molecule has 7 heteroatoms. The smallest absolute Gasteiger partial charge is 0.213 e. The number of halogens is 1. The Bertz CT molecular complexity index is 641. The quantitative estimate of drug-likeness (QED) is 0.847. The lowest BCUT2D eigenvalue weighted by molar-refractivity contribution is -0.119. The summed E-state index contributed by atoms with van der Waals surface area (Å²) in [4.78, 5) is 2.16. The van der Waals surface area contributed by atoms with Gasteiger partial charge in [0.25, 0.3) is 0 Å². The van der Waals surface area contributed by atoms with Gasteiger partial charge in [0, 0.05) is 6.26 Å². The molecule has 1 unspecified atom stereocenters. The summed E-state index contributed by atoms with van der Waals surface area (Å²) in [6.45, 7) is 2.73. The molecule has 3 rings (SSSR count). The Balaban J connectivity index is 1.82. The first-order valence-corrected chi connectivity index (χ1v) is 8.86. The molecule has 2 heterocycles. The van der Waals surface area contributed by atoms with Gasteiger partial charge >= 0.3 is 0 Å². The van der Waals surface area contributed by atoms with E-state index in [9.17, 15) is 12.8 Å². The lowest BCUT2D eigenvalue weighted by atomic mass is 10.2. The molecule has 0 spiro atoms. The number of likely N-dealkylation sites (tertiary alicyclic amines) is 1. The standard InChI is InChI=1S/C14H18FNO4S/c1-21(17,18)10-6-12(15)11-9-19-14(20-13(11)7-10)8-16-4-2-3-5-16/h6-7,14H,2-5,8-9H2,1H3. The molecule has 0 radical (unpaired) electrons. The highest BCUT2D eigenvalue weighted by atomic mass is 32.2. The van der Waals surface area contributed by atoms with Crippen molar-refractivity contribution in [1.82, 2.24) is 4.90 Å². The number of rotatable bonds is 3. The average Bonchev–Trinajstić information content (AvgIpc) is 2.90. The van der Waals surface area contributed by atoms with Crippen LogP contribution in [0, 0.1) is 5.82 Å². The number of sulfone groups is 1. The van der Waals surface area contributed by atoms with Crippen LogP contribution in [0.4, 0.5) is 4.39 Å². The number of nitrogens with zero attached hydrogens (tertiary/aromatic N) is 1. The van der Waals surface area contributed by atoms with Crippen LogP contribution < -0.4 is 4.74 Å². The lowest BCUT2D eigenvalue weighted by Crippen LogP contribution is -2.38. The molecule has 0 saturated carbocycles. The van der Waals surface area contributed by atoms with Crippen LogP contribution in [0.1, 0.15) is 18.4 Å². The summed E-state index contributed by atoms with van der Waals surface area (Å²) in [5.74, 6) is -0.335. The van der Waals surface area contributed by atoms with Gasteiger partial charge in [-0.3, -0.25) is 4.90 Å². The SMILES string of the molecule is CS(=O)(=O)c1cc(F)c2c(c1)OC(CN1CCCC1)OC2. The summed E-state index contributed by atoms with van der Waals surface area (Å²) in [6, 6.07) is 2.40. The van der Waals surface area contributed by atoms with Gasteiger partial charge in [-0.05, 0) is 38.1 Å². The van der Waals surface area contributed by atoms with Crippen LogP contribution in [0.15, 0.2) is 17.0 Å². The van der Waals surface area contributed by atoms with Crippen molar-refractivity contribution in [1.29, 1.82) is 0 Å². The molecule has 21 heavy (non-hydrogen) atoms. The predicted octanol–water partition coefficient (Wildman–Crippen LogP) is 1.56. The Kier molecular flexibility index (Phi) is 3.90. The third-order valence-corrected chi connectivity index (χ3v) is 4.93. The maximum atomic E-state index is 14.0. The molecule has 1 aromatic carbocycles. The first kappa shape index (κ1) is 14.7. The zero-order valence-electron chi connectivity index (χ0n) is 11.8. The van der Waals surface area contributed by atoms with Gasteiger partial charge in [0.05, 0.1) is 23.6 Å². The van der Waals surface area contributed by atoms with Crippen LogP contribution in [0.5, 0.6) is 5.75 Å². The molecule has 1 aromatic rings. The minimum absolute atomic E-state index is 0.0689. The Hall–Kier alpha value is -1.18. The van der Waals surface area contributed by atoms with E-state index in [1.165, 1.54) is 6.07 Å². The number of hydrogen-bond acceptors (Lipinski definition) is 5. The molecule has 2 aliphatic heterocycles. The molecule has 0 aliphatic carbocycles. The van der Waals surface area contributed by atoms with Gasteiger partial charge in [0.2, 0.25) is 6.29 Å². The molecule has 0 amide bonds. The fourth-order valence-electron chi connectivity index (χ4n) is 2.66. The summed E-state index contributed by atoms with van der Waals surface area (Å²) in [6.07, 6.45) is 2.89. The zero-order chi connectivity index (χ0) is 15.0. The molecule has 2 aliphatic rings. The highest BCUT2D eigenvalue weighted by Gasteiger charge is 2.27. The topological polar surface area (TPSA) is 55.8 Å². The second kappa shape index (κ2) is 5.55. The van der Waals surface area contributed by atoms with Crippen molar-refractivity contribution in [2.24, 2.45) is 0 Å². The molecule has 116 valence electrons. The predicted molar refractivity (Wildman–Crippen MR) is 74.4 cm³/mol. The molecule has 0 N–H and O–H groups in total. The number of ether oxygens (including phenoxy) is 2. The van der Waals surface area contributed by atoms with E-state index in [0.29, 0.717) is 6.54 Å². The number of fused-ring (bicyclic) bond motifs is 1. The second-order valence-corrected chi connectivity index (χ2v) is 7.54. The molecule has 1 atom stereocenters. The van der Waals surface area contributed by atoms with Crippen LogP contribution >= 0.6 is 0 Å². The van der Waals surface area contributed by atoms with Crippen LogP contribution in [0.3, 0.4) is 0 Å². The van der Waals surface area contributed by atoms with Crippen LogP contribution in [0.2, 0.25) is 0 Å². The van der Waals surface area contributed by atoms with Crippen molar-refractivity contribution in [3.8, 4) is 5.75 Å². The minimum atomic E-state index is -3.47. The molecule has 0 bridgehead atoms. The van der Waals surface area contributed by atoms with E-state index in [0.717, 1.165) is 38.3 Å². The normalized spacial score (nSPS) is 22.9. The third kappa shape index (κ3) is 3.20. The average molecular weight is 315 g/mol. The molecule has 1 saturated heterocycles. The molecular weight excluding hydrogens is 297 g/mol. The molecule has 1 fully saturated rings. The van der Waals surface area contributed by atoms with E-state index < -0.39 is 21.9 Å². The van der Waals surface area contributed by atoms with Crippen LogP contribution in [-0.4, -0.2) is 45.5 Å². The minimum Gasteiger partial charge on any atom is -0.463 e. The van der Waals surface area contributed by atoms with Crippen molar-refractivity contribution in [2.75, 3.05) is 25.9 Å². The maximum Gasteiger partial charge on any atom is 0.213 e. The van der Waals surface area contributed by atoms with Gasteiger partial charge in [0.15, 0.2) is 9.84 Å². The maximum absolute atomic E-state index is 14.0. The van der Waals surface area contributed by atoms with Crippen molar-refractivity contribution < 1.29 is 22.3 Å². The summed E-state index contributed by atoms with van der Waals surface area (Å²) >= 11 is 0. The van der Waals surface area contributed by atoms with Crippen molar-refractivity contribution >= 4 is 9.84 Å². The second-order valence-electron chi connectivity index (χ2n) is 5.52. The van der Waals surface area contributed by atoms with E-state index in [2.05, 4.69) is 4.90 Å². The fraction of sp³-hybridized carbons (Fsp3) is 0.571. The van der Waals surface area contributed by atoms with E-state index in [1.807, 2.05) is 0 Å². The highest BCUT2D eigenvalue weighted by Crippen LogP contribution is 2.32. The van der Waals surface area contributed by atoms with E-state index in [4.69, 9.17) is 9.47 Å². The van der Waals surface area contributed by atoms with Crippen LogP contribution in [-0.2, 0) is 21.2 Å². The summed E-state index contributed by atoms with van der Waals surface area (Å²) in [7, 11) is -3.47. The Labute approximate surface area is 123 Å². The molecule has 5 nitrogen and oxygen atoms in total. The first-order chi connectivity index (χ1) is 9.93. The van der Waals surface area contributed by atoms with Crippen molar-refractivity contribution in [2.45, 2.75) is 30.6 Å². The monoisotopic (exact) mass is 315 g/mol. The number of hydrogen-bond donors (Lipinski definition) is 0. The first-order valence-electron chi connectivity index (χ1n) is 6.96. The van der Waals surface area contributed by atoms with Gasteiger partial charge in [0.1, 0.15) is 11.6 Å². The zero-order valence-corrected chi connectivity index (χ0v) is 12.7. The fourth-order valence-corrected chi connectivity index (χ4v) is 3.30. The third-order valence-electron chi connectivity index (χ3n) is 3.83. The van der Waals surface area contributed by atoms with E-state index in [-0.39, 0.29) is 22.8 Å². The van der Waals surface area contributed by atoms with Gasteiger partial charge in [-0.25, -0.2) is 12.8 Å². The Morgan fingerprint density at radius 1 is 1.33 bits per heavy atom. The van der Waals surface area contributed by atoms with E-state index >= 15 is 0 Å². The van der Waals surface area contributed by atoms with Gasteiger partial charge in [-0.2, -0.15) is 0 Å². The van der Waals surface area contributed by atoms with Crippen LogP contribution in [0.25, 0.3) is 0 Å². The summed E-state index contributed by atoms with van der Waals surface area (Å²) in [5.41, 5.74) is 0.278. The van der Waals surface area contributed by atoms with Crippen molar-refractivity contribution in [3.63, 3.8) is 0 Å². The highest BCUT2D eigenvalue weighted by molar-refractivity contribution is 7.90. The summed E-state index contributed by atoms with van der Waals surface area (Å²) < 4.78 is 48.3. The van der Waals surface area contributed by atoms with E-state index in [1.54, 1.807) is 0 Å². The molecule has 0 aromatic heterocycles. The van der Waals surface area contributed by atoms with Gasteiger partial charge < -0.3 is 9.47 Å².